The van der Waals surface area contributed by atoms with E-state index < -0.39 is 0 Å². The average Bonchev–Trinajstić information content (AvgIpc) is 2.76. The smallest absolute Gasteiger partial charge is 0.247 e. The first-order valence-corrected chi connectivity index (χ1v) is 9.51. The fourth-order valence-corrected chi connectivity index (χ4v) is 3.30. The Morgan fingerprint density at radius 1 is 0.893 bits per heavy atom. The summed E-state index contributed by atoms with van der Waals surface area (Å²) in [5.74, 6) is 1.14. The molecule has 2 aromatic carbocycles. The van der Waals surface area contributed by atoms with E-state index in [0.717, 1.165) is 38.2 Å². The first-order chi connectivity index (χ1) is 13.8. The number of piperazine rings is 1. The number of para-hydroxylation sites is 1. The van der Waals surface area contributed by atoms with Gasteiger partial charge in [-0.2, -0.15) is 10.1 Å². The number of hydrogen-bond donors (Lipinski definition) is 1. The maximum atomic E-state index is 13.0. The number of aromatic nitrogens is 3. The van der Waals surface area contributed by atoms with Crippen LogP contribution in [0.5, 0.6) is 0 Å². The summed E-state index contributed by atoms with van der Waals surface area (Å²) < 4.78 is 13.0. The van der Waals surface area contributed by atoms with Gasteiger partial charge < -0.3 is 15.1 Å². The van der Waals surface area contributed by atoms with E-state index in [4.69, 9.17) is 0 Å². The van der Waals surface area contributed by atoms with Crippen LogP contribution in [0.15, 0.2) is 60.8 Å². The molecule has 7 heteroatoms. The number of nitrogens with zero attached hydrogens (tertiary/aromatic N) is 5. The maximum Gasteiger partial charge on any atom is 0.247 e. The van der Waals surface area contributed by atoms with Gasteiger partial charge in [0.2, 0.25) is 5.95 Å². The zero-order valence-electron chi connectivity index (χ0n) is 15.6. The summed E-state index contributed by atoms with van der Waals surface area (Å²) in [6, 6.07) is 17.0. The Bertz CT molecular complexity index is 879. The highest BCUT2D eigenvalue weighted by Crippen LogP contribution is 2.18. The number of nitrogens with one attached hydrogen (secondary N) is 1. The number of hydrogen-bond acceptors (Lipinski definition) is 6. The van der Waals surface area contributed by atoms with E-state index in [-0.39, 0.29) is 5.82 Å². The predicted octanol–water partition coefficient (Wildman–Crippen LogP) is 2.99. The zero-order valence-corrected chi connectivity index (χ0v) is 15.6. The minimum atomic E-state index is -0.214. The Morgan fingerprint density at radius 3 is 2.36 bits per heavy atom. The molecule has 1 N–H and O–H groups in total. The molecular formula is C21H23FN6. The van der Waals surface area contributed by atoms with Crippen molar-refractivity contribution in [2.45, 2.75) is 6.42 Å². The Kier molecular flexibility index (Phi) is 5.61. The second-order valence-corrected chi connectivity index (χ2v) is 6.75. The van der Waals surface area contributed by atoms with Gasteiger partial charge in [0.05, 0.1) is 6.20 Å². The van der Waals surface area contributed by atoms with Crippen LogP contribution in [0.2, 0.25) is 0 Å². The molecule has 4 rings (SSSR count). The SMILES string of the molecule is Fc1ccc(CCNc2cnnc(N3CCN(c4ccccc4)CC3)n2)cc1. The lowest BCUT2D eigenvalue weighted by atomic mass is 10.1. The lowest BCUT2D eigenvalue weighted by Crippen LogP contribution is -2.47. The molecule has 0 amide bonds. The van der Waals surface area contributed by atoms with E-state index in [2.05, 4.69) is 54.6 Å². The van der Waals surface area contributed by atoms with Crippen molar-refractivity contribution in [1.29, 1.82) is 0 Å². The highest BCUT2D eigenvalue weighted by Gasteiger charge is 2.19. The van der Waals surface area contributed by atoms with E-state index in [0.29, 0.717) is 18.3 Å². The van der Waals surface area contributed by atoms with E-state index >= 15 is 0 Å². The molecule has 3 aromatic rings. The van der Waals surface area contributed by atoms with Crippen molar-refractivity contribution in [3.8, 4) is 0 Å². The second-order valence-electron chi connectivity index (χ2n) is 6.75. The zero-order chi connectivity index (χ0) is 19.2. The molecule has 0 aliphatic carbocycles. The molecule has 1 aliphatic heterocycles. The molecule has 28 heavy (non-hydrogen) atoms. The van der Waals surface area contributed by atoms with Crippen molar-refractivity contribution in [3.05, 3.63) is 72.2 Å². The molecule has 1 saturated heterocycles. The minimum Gasteiger partial charge on any atom is -0.368 e. The number of anilines is 3. The van der Waals surface area contributed by atoms with E-state index in [1.165, 1.54) is 17.8 Å². The van der Waals surface area contributed by atoms with Crippen LogP contribution in [-0.4, -0.2) is 47.9 Å². The number of benzene rings is 2. The molecule has 0 spiro atoms. The Morgan fingerprint density at radius 2 is 1.61 bits per heavy atom. The van der Waals surface area contributed by atoms with Gasteiger partial charge in [-0.1, -0.05) is 30.3 Å². The summed E-state index contributed by atoms with van der Waals surface area (Å²) in [6.45, 7) is 4.27. The van der Waals surface area contributed by atoms with Gasteiger partial charge in [0, 0.05) is 38.4 Å². The van der Waals surface area contributed by atoms with Crippen molar-refractivity contribution < 1.29 is 4.39 Å². The average molecular weight is 378 g/mol. The van der Waals surface area contributed by atoms with Crippen molar-refractivity contribution in [2.75, 3.05) is 47.8 Å². The van der Waals surface area contributed by atoms with Crippen LogP contribution in [0.25, 0.3) is 0 Å². The van der Waals surface area contributed by atoms with Crippen LogP contribution >= 0.6 is 0 Å². The van der Waals surface area contributed by atoms with Gasteiger partial charge in [0.1, 0.15) is 5.82 Å². The van der Waals surface area contributed by atoms with Crippen LogP contribution in [0, 0.1) is 5.82 Å². The fraction of sp³-hybridized carbons (Fsp3) is 0.286. The normalized spacial score (nSPS) is 14.2. The molecule has 1 aliphatic rings. The molecule has 1 fully saturated rings. The molecule has 0 saturated carbocycles. The van der Waals surface area contributed by atoms with Gasteiger partial charge in [-0.3, -0.25) is 0 Å². The first kappa shape index (κ1) is 18.2. The highest BCUT2D eigenvalue weighted by atomic mass is 19.1. The molecular weight excluding hydrogens is 355 g/mol. The number of rotatable bonds is 6. The van der Waals surface area contributed by atoms with Crippen LogP contribution in [-0.2, 0) is 6.42 Å². The fourth-order valence-electron chi connectivity index (χ4n) is 3.30. The largest absolute Gasteiger partial charge is 0.368 e. The molecule has 144 valence electrons. The van der Waals surface area contributed by atoms with Gasteiger partial charge in [0.25, 0.3) is 0 Å². The third-order valence-electron chi connectivity index (χ3n) is 4.86. The summed E-state index contributed by atoms with van der Waals surface area (Å²) in [4.78, 5) is 9.14. The van der Waals surface area contributed by atoms with Crippen molar-refractivity contribution in [3.63, 3.8) is 0 Å². The third kappa shape index (κ3) is 4.54. The quantitative estimate of drug-likeness (QED) is 0.712. The van der Waals surface area contributed by atoms with Crippen LogP contribution in [0.4, 0.5) is 21.8 Å². The van der Waals surface area contributed by atoms with Gasteiger partial charge in [-0.25, -0.2) is 4.39 Å². The van der Waals surface area contributed by atoms with Crippen molar-refractivity contribution in [1.82, 2.24) is 15.2 Å². The van der Waals surface area contributed by atoms with Gasteiger partial charge in [-0.15, -0.1) is 5.10 Å². The highest BCUT2D eigenvalue weighted by molar-refractivity contribution is 5.48. The lowest BCUT2D eigenvalue weighted by molar-refractivity contribution is 0.627. The summed E-state index contributed by atoms with van der Waals surface area (Å²) >= 11 is 0. The van der Waals surface area contributed by atoms with Gasteiger partial charge in [-0.05, 0) is 36.2 Å². The third-order valence-corrected chi connectivity index (χ3v) is 4.86. The molecule has 0 radical (unpaired) electrons. The standard InChI is InChI=1S/C21H23FN6/c22-18-8-6-17(7-9-18)10-11-23-20-16-24-26-21(25-20)28-14-12-27(13-15-28)19-4-2-1-3-5-19/h1-9,16H,10-15H2,(H,23,25,26). The predicted molar refractivity (Wildman–Crippen MR) is 109 cm³/mol. The molecule has 0 bridgehead atoms. The molecule has 2 heterocycles. The van der Waals surface area contributed by atoms with Crippen LogP contribution in [0.3, 0.4) is 0 Å². The van der Waals surface area contributed by atoms with Crippen LogP contribution in [0.1, 0.15) is 5.56 Å². The van der Waals surface area contributed by atoms with Crippen LogP contribution < -0.4 is 15.1 Å². The molecule has 0 atom stereocenters. The van der Waals surface area contributed by atoms with Crippen molar-refractivity contribution >= 4 is 17.5 Å². The Hall–Kier alpha value is -3.22. The van der Waals surface area contributed by atoms with Gasteiger partial charge in [0.15, 0.2) is 5.82 Å². The lowest BCUT2D eigenvalue weighted by Gasteiger charge is -2.35. The summed E-state index contributed by atoms with van der Waals surface area (Å²) in [6.07, 6.45) is 2.42. The topological polar surface area (TPSA) is 57.2 Å². The second kappa shape index (κ2) is 8.65. The monoisotopic (exact) mass is 378 g/mol. The summed E-state index contributed by atoms with van der Waals surface area (Å²) in [5.41, 5.74) is 2.32. The minimum absolute atomic E-state index is 0.214. The number of halogens is 1. The van der Waals surface area contributed by atoms with E-state index in [1.807, 2.05) is 6.07 Å². The Balaban J connectivity index is 1.31. The molecule has 0 unspecified atom stereocenters. The van der Waals surface area contributed by atoms with E-state index in [9.17, 15) is 4.39 Å². The first-order valence-electron chi connectivity index (χ1n) is 9.51. The Labute approximate surface area is 164 Å². The van der Waals surface area contributed by atoms with E-state index in [1.54, 1.807) is 18.3 Å². The summed E-state index contributed by atoms with van der Waals surface area (Å²) in [5, 5.41) is 11.6. The summed E-state index contributed by atoms with van der Waals surface area (Å²) in [7, 11) is 0. The maximum absolute atomic E-state index is 13.0. The van der Waals surface area contributed by atoms with Crippen molar-refractivity contribution in [2.24, 2.45) is 0 Å². The molecule has 1 aromatic heterocycles. The molecule has 6 nitrogen and oxygen atoms in total. The van der Waals surface area contributed by atoms with Gasteiger partial charge >= 0.3 is 0 Å².